The molecule has 104 valence electrons. The van der Waals surface area contributed by atoms with Gasteiger partial charge in [0.1, 0.15) is 0 Å². The molecule has 0 aliphatic heterocycles. The molecular formula is C16H34O. The van der Waals surface area contributed by atoms with Crippen LogP contribution in [0, 0.1) is 0 Å². The lowest BCUT2D eigenvalue weighted by Gasteiger charge is -2.02. The highest BCUT2D eigenvalue weighted by Crippen LogP contribution is 2.12. The predicted molar refractivity (Wildman–Crippen MR) is 77.4 cm³/mol. The van der Waals surface area contributed by atoms with Crippen LogP contribution in [0.2, 0.25) is 0 Å². The van der Waals surface area contributed by atoms with Gasteiger partial charge in [0, 0.05) is 13.5 Å². The first kappa shape index (κ1) is 9.83. The Morgan fingerprint density at radius 1 is 0.706 bits per heavy atom. The summed E-state index contributed by atoms with van der Waals surface area (Å²) in [7, 11) is 0. The van der Waals surface area contributed by atoms with Gasteiger partial charge in [-0.1, -0.05) is 90.3 Å². The van der Waals surface area contributed by atoms with Gasteiger partial charge in [-0.3, -0.25) is 0 Å². The van der Waals surface area contributed by atoms with Crippen LogP contribution in [0.3, 0.4) is 0 Å². The second kappa shape index (κ2) is 16.0. The molecule has 17 heavy (non-hydrogen) atoms. The first-order valence-electron chi connectivity index (χ1n) is 9.88. The lowest BCUT2D eigenvalue weighted by Crippen LogP contribution is -1.84. The fourth-order valence-electron chi connectivity index (χ4n) is 2.05. The summed E-state index contributed by atoms with van der Waals surface area (Å²) in [5.41, 5.74) is 0. The Bertz CT molecular complexity index is 253. The summed E-state index contributed by atoms with van der Waals surface area (Å²) in [5, 5.41) is 8.81. The Hall–Kier alpha value is -0.0400. The van der Waals surface area contributed by atoms with E-state index in [1.165, 1.54) is 32.1 Å². The maximum atomic E-state index is 8.81. The molecular weight excluding hydrogens is 208 g/mol. The van der Waals surface area contributed by atoms with E-state index in [1.54, 1.807) is 0 Å². The standard InChI is InChI=1S/C16H34O/c1-2-3-4-5-6-7-8-9-10-11-12-13-14-15-16-17/h17H,2-16H2,1H3/i1D3,15D2. The number of hydrogen-bond acceptors (Lipinski definition) is 1. The molecule has 1 nitrogen and oxygen atoms in total. The van der Waals surface area contributed by atoms with Crippen molar-refractivity contribution in [1.82, 2.24) is 0 Å². The smallest absolute Gasteiger partial charge is 0.0431 e. The van der Waals surface area contributed by atoms with Crippen LogP contribution in [-0.2, 0) is 0 Å². The Balaban J connectivity index is 3.15. The van der Waals surface area contributed by atoms with E-state index < -0.39 is 13.2 Å². The largest absolute Gasteiger partial charge is 0.396 e. The van der Waals surface area contributed by atoms with E-state index in [0.717, 1.165) is 38.5 Å². The quantitative estimate of drug-likeness (QED) is 0.404. The molecule has 0 atom stereocenters. The van der Waals surface area contributed by atoms with Gasteiger partial charge in [0.15, 0.2) is 0 Å². The zero-order valence-electron chi connectivity index (χ0n) is 16.3. The molecule has 0 rings (SSSR count). The summed E-state index contributed by atoms with van der Waals surface area (Å²) in [5.74, 6) is 0. The average molecular weight is 247 g/mol. The molecule has 0 aromatic carbocycles. The van der Waals surface area contributed by atoms with Crippen LogP contribution < -0.4 is 0 Å². The zero-order valence-corrected chi connectivity index (χ0v) is 11.3. The van der Waals surface area contributed by atoms with Gasteiger partial charge in [-0.05, 0) is 6.37 Å². The normalized spacial score (nSPS) is 16.9. The van der Waals surface area contributed by atoms with E-state index in [-0.39, 0.29) is 6.61 Å². The number of rotatable bonds is 14. The third-order valence-corrected chi connectivity index (χ3v) is 3.14. The Morgan fingerprint density at radius 3 is 1.53 bits per heavy atom. The molecule has 0 saturated heterocycles. The van der Waals surface area contributed by atoms with Crippen molar-refractivity contribution in [2.75, 3.05) is 6.61 Å². The molecule has 0 aromatic heterocycles. The monoisotopic (exact) mass is 247 g/mol. The molecule has 0 aliphatic carbocycles. The van der Waals surface area contributed by atoms with Crippen LogP contribution in [0.5, 0.6) is 0 Å². The van der Waals surface area contributed by atoms with E-state index in [1.807, 2.05) is 0 Å². The highest BCUT2D eigenvalue weighted by molar-refractivity contribution is 4.48. The molecule has 0 aliphatic rings. The maximum Gasteiger partial charge on any atom is 0.0431 e. The molecule has 1 heteroatoms. The van der Waals surface area contributed by atoms with Crippen molar-refractivity contribution in [1.29, 1.82) is 0 Å². The number of unbranched alkanes of at least 4 members (excludes halogenated alkanes) is 10. The van der Waals surface area contributed by atoms with Crippen LogP contribution in [0.1, 0.15) is 104 Å². The summed E-state index contributed by atoms with van der Waals surface area (Å²) >= 11 is 0. The second-order valence-corrected chi connectivity index (χ2v) is 4.80. The van der Waals surface area contributed by atoms with Gasteiger partial charge in [-0.15, -0.1) is 0 Å². The Morgan fingerprint density at radius 2 is 1.12 bits per heavy atom. The summed E-state index contributed by atoms with van der Waals surface area (Å²) in [6, 6.07) is 0. The van der Waals surface area contributed by atoms with Gasteiger partial charge in [-0.2, -0.15) is 0 Å². The minimum absolute atomic E-state index is 0.348. The summed E-state index contributed by atoms with van der Waals surface area (Å²) in [6.45, 7) is -2.13. The minimum Gasteiger partial charge on any atom is -0.396 e. The lowest BCUT2D eigenvalue weighted by molar-refractivity contribution is 0.282. The third-order valence-electron chi connectivity index (χ3n) is 3.14. The van der Waals surface area contributed by atoms with Gasteiger partial charge in [-0.25, -0.2) is 0 Å². The maximum absolute atomic E-state index is 8.81. The second-order valence-electron chi connectivity index (χ2n) is 4.80. The SMILES string of the molecule is [2H]C([2H])([2H])CCCCCCCCCCCCCC([2H])([2H])CO. The number of hydrogen-bond donors (Lipinski definition) is 1. The Labute approximate surface area is 116 Å². The van der Waals surface area contributed by atoms with Crippen molar-refractivity contribution in [2.45, 2.75) is 96.7 Å². The fourth-order valence-corrected chi connectivity index (χ4v) is 2.05. The zero-order chi connectivity index (χ0) is 16.9. The van der Waals surface area contributed by atoms with E-state index in [2.05, 4.69) is 0 Å². The third kappa shape index (κ3) is 16.0. The molecule has 0 heterocycles. The molecule has 0 saturated carbocycles. The van der Waals surface area contributed by atoms with Crippen LogP contribution in [0.4, 0.5) is 0 Å². The van der Waals surface area contributed by atoms with Gasteiger partial charge in [0.25, 0.3) is 0 Å². The first-order chi connectivity index (χ1) is 10.3. The predicted octanol–water partition coefficient (Wildman–Crippen LogP) is 5.46. The minimum atomic E-state index is -1.75. The van der Waals surface area contributed by atoms with Crippen molar-refractivity contribution in [3.8, 4) is 0 Å². The van der Waals surface area contributed by atoms with Crippen molar-refractivity contribution < 1.29 is 12.0 Å². The highest BCUT2D eigenvalue weighted by Gasteiger charge is 1.93. The van der Waals surface area contributed by atoms with E-state index in [4.69, 9.17) is 12.0 Å². The van der Waals surface area contributed by atoms with Gasteiger partial charge >= 0.3 is 0 Å². The van der Waals surface area contributed by atoms with E-state index >= 15 is 0 Å². The van der Waals surface area contributed by atoms with Crippen molar-refractivity contribution in [2.24, 2.45) is 0 Å². The lowest BCUT2D eigenvalue weighted by atomic mass is 10.0. The number of aliphatic hydroxyl groups is 1. The van der Waals surface area contributed by atoms with Crippen molar-refractivity contribution in [3.05, 3.63) is 0 Å². The fraction of sp³-hybridized carbons (Fsp3) is 1.00. The van der Waals surface area contributed by atoms with E-state index in [0.29, 0.717) is 12.8 Å². The molecule has 0 unspecified atom stereocenters. The summed E-state index contributed by atoms with van der Waals surface area (Å²) in [4.78, 5) is 0. The Kier molecular flexibility index (Phi) is 9.23. The molecule has 1 N–H and O–H groups in total. The molecule has 0 radical (unpaired) electrons. The van der Waals surface area contributed by atoms with E-state index in [9.17, 15) is 0 Å². The average Bonchev–Trinajstić information content (AvgIpc) is 2.42. The van der Waals surface area contributed by atoms with Crippen molar-refractivity contribution in [3.63, 3.8) is 0 Å². The highest BCUT2D eigenvalue weighted by atomic mass is 16.2. The molecule has 0 fully saturated rings. The van der Waals surface area contributed by atoms with Crippen molar-refractivity contribution >= 4 is 0 Å². The summed E-state index contributed by atoms with van der Waals surface area (Å²) < 4.78 is 36.2. The number of aliphatic hydroxyl groups excluding tert-OH is 1. The van der Waals surface area contributed by atoms with Crippen LogP contribution >= 0.6 is 0 Å². The summed E-state index contributed by atoms with van der Waals surface area (Å²) in [6.07, 6.45) is 11.6. The first-order valence-corrected chi connectivity index (χ1v) is 7.38. The molecule has 0 aromatic rings. The molecule has 0 amide bonds. The molecule has 0 spiro atoms. The van der Waals surface area contributed by atoms with Gasteiger partial charge in [0.05, 0.1) is 0 Å². The van der Waals surface area contributed by atoms with Crippen LogP contribution in [0.25, 0.3) is 0 Å². The topological polar surface area (TPSA) is 20.2 Å². The van der Waals surface area contributed by atoms with Gasteiger partial charge < -0.3 is 5.11 Å². The molecule has 0 bridgehead atoms. The van der Waals surface area contributed by atoms with Crippen LogP contribution in [-0.4, -0.2) is 11.7 Å². The van der Waals surface area contributed by atoms with Gasteiger partial charge in [0.2, 0.25) is 0 Å². The van der Waals surface area contributed by atoms with Crippen LogP contribution in [0.15, 0.2) is 0 Å².